The van der Waals surface area contributed by atoms with E-state index in [-0.39, 0.29) is 5.91 Å². The van der Waals surface area contributed by atoms with E-state index in [1.807, 2.05) is 30.3 Å². The van der Waals surface area contributed by atoms with Gasteiger partial charge in [-0.3, -0.25) is 9.78 Å². The van der Waals surface area contributed by atoms with Crippen LogP contribution in [-0.4, -0.2) is 20.4 Å². The van der Waals surface area contributed by atoms with Crippen molar-refractivity contribution < 1.29 is 4.79 Å². The van der Waals surface area contributed by atoms with Crippen LogP contribution in [0.5, 0.6) is 0 Å². The van der Waals surface area contributed by atoms with E-state index in [0.717, 1.165) is 48.5 Å². The number of benzene rings is 1. The van der Waals surface area contributed by atoms with Crippen molar-refractivity contribution in [2.24, 2.45) is 0 Å². The molecule has 1 aromatic carbocycles. The van der Waals surface area contributed by atoms with E-state index in [1.54, 1.807) is 12.4 Å². The molecule has 0 saturated carbocycles. The van der Waals surface area contributed by atoms with Gasteiger partial charge >= 0.3 is 0 Å². The molecule has 4 rings (SSSR count). The zero-order valence-corrected chi connectivity index (χ0v) is 14.7. The Bertz CT molecular complexity index is 887. The molecule has 3 heterocycles. The highest BCUT2D eigenvalue weighted by atomic mass is 16.1. The van der Waals surface area contributed by atoms with Crippen molar-refractivity contribution in [3.63, 3.8) is 0 Å². The van der Waals surface area contributed by atoms with Crippen molar-refractivity contribution in [2.75, 3.05) is 0 Å². The third-order valence-electron chi connectivity index (χ3n) is 4.82. The molecule has 2 aromatic heterocycles. The summed E-state index contributed by atoms with van der Waals surface area (Å²) in [6.45, 7) is 1.40. The number of pyridine rings is 1. The lowest BCUT2D eigenvalue weighted by atomic mass is 10.1. The van der Waals surface area contributed by atoms with Gasteiger partial charge in [0.2, 0.25) is 0 Å². The van der Waals surface area contributed by atoms with E-state index in [2.05, 4.69) is 27.0 Å². The summed E-state index contributed by atoms with van der Waals surface area (Å²) < 4.78 is 2.24. The largest absolute Gasteiger partial charge is 0.347 e. The summed E-state index contributed by atoms with van der Waals surface area (Å²) in [5, 5.41) is 3.01. The SMILES string of the molecule is O=C(NCc1ccncc1)c1nc(-c2ccccc2)n2c1CCCCC2. The topological polar surface area (TPSA) is 59.8 Å². The van der Waals surface area contributed by atoms with Gasteiger partial charge in [-0.1, -0.05) is 36.8 Å². The molecule has 0 bridgehead atoms. The number of carbonyl (C=O) groups is 1. The lowest BCUT2D eigenvalue weighted by Gasteiger charge is -2.09. The maximum atomic E-state index is 12.8. The van der Waals surface area contributed by atoms with Crippen LogP contribution >= 0.6 is 0 Å². The van der Waals surface area contributed by atoms with E-state index in [4.69, 9.17) is 4.98 Å². The minimum absolute atomic E-state index is 0.102. The van der Waals surface area contributed by atoms with Gasteiger partial charge in [0.25, 0.3) is 5.91 Å². The number of fused-ring (bicyclic) bond motifs is 1. The smallest absolute Gasteiger partial charge is 0.272 e. The fraction of sp³-hybridized carbons (Fsp3) is 0.286. The van der Waals surface area contributed by atoms with Crippen molar-refractivity contribution in [3.8, 4) is 11.4 Å². The van der Waals surface area contributed by atoms with Gasteiger partial charge in [-0.25, -0.2) is 4.98 Å². The van der Waals surface area contributed by atoms with Crippen molar-refractivity contribution in [1.29, 1.82) is 0 Å². The molecule has 0 saturated heterocycles. The van der Waals surface area contributed by atoms with E-state index in [9.17, 15) is 4.79 Å². The molecule has 1 amide bonds. The lowest BCUT2D eigenvalue weighted by molar-refractivity contribution is 0.0945. The highest BCUT2D eigenvalue weighted by Gasteiger charge is 2.24. The highest BCUT2D eigenvalue weighted by molar-refractivity contribution is 5.94. The number of nitrogens with zero attached hydrogens (tertiary/aromatic N) is 3. The number of aromatic nitrogens is 3. The molecular formula is C21H22N4O. The average molecular weight is 346 g/mol. The first-order valence-electron chi connectivity index (χ1n) is 9.15. The van der Waals surface area contributed by atoms with E-state index < -0.39 is 0 Å². The van der Waals surface area contributed by atoms with Crippen LogP contribution in [0.4, 0.5) is 0 Å². The summed E-state index contributed by atoms with van der Waals surface area (Å²) in [5.41, 5.74) is 3.72. The molecule has 0 radical (unpaired) electrons. The van der Waals surface area contributed by atoms with Crippen LogP contribution in [0.1, 0.15) is 41.0 Å². The standard InChI is InChI=1S/C21H22N4O/c26-21(23-15-16-10-12-22-13-11-16)19-18-9-5-2-6-14-25(18)20(24-19)17-7-3-1-4-8-17/h1,3-4,7-8,10-13H,2,5-6,9,14-15H2,(H,23,26). The number of imidazole rings is 1. The van der Waals surface area contributed by atoms with Gasteiger partial charge in [-0.05, 0) is 37.0 Å². The average Bonchev–Trinajstić information content (AvgIpc) is 2.89. The van der Waals surface area contributed by atoms with Crippen LogP contribution in [0.25, 0.3) is 11.4 Å². The maximum absolute atomic E-state index is 12.8. The van der Waals surface area contributed by atoms with Crippen LogP contribution < -0.4 is 5.32 Å². The second-order valence-electron chi connectivity index (χ2n) is 6.60. The van der Waals surface area contributed by atoms with Crippen LogP contribution in [0.15, 0.2) is 54.9 Å². The van der Waals surface area contributed by atoms with Gasteiger partial charge in [0.15, 0.2) is 0 Å². The molecule has 5 nitrogen and oxygen atoms in total. The first-order chi connectivity index (χ1) is 12.8. The molecule has 0 fully saturated rings. The summed E-state index contributed by atoms with van der Waals surface area (Å²) in [6.07, 6.45) is 7.78. The van der Waals surface area contributed by atoms with Gasteiger partial charge in [0.05, 0.1) is 5.69 Å². The highest BCUT2D eigenvalue weighted by Crippen LogP contribution is 2.27. The van der Waals surface area contributed by atoms with E-state index in [0.29, 0.717) is 12.2 Å². The summed E-state index contributed by atoms with van der Waals surface area (Å²) in [7, 11) is 0. The Morgan fingerprint density at radius 2 is 1.85 bits per heavy atom. The molecule has 26 heavy (non-hydrogen) atoms. The van der Waals surface area contributed by atoms with Crippen molar-refractivity contribution in [3.05, 3.63) is 71.8 Å². The predicted molar refractivity (Wildman–Crippen MR) is 101 cm³/mol. The van der Waals surface area contributed by atoms with Crippen LogP contribution in [-0.2, 0) is 19.5 Å². The fourth-order valence-corrected chi connectivity index (χ4v) is 3.48. The number of rotatable bonds is 4. The Kier molecular flexibility index (Phi) is 4.78. The summed E-state index contributed by atoms with van der Waals surface area (Å²) in [6, 6.07) is 13.9. The zero-order chi connectivity index (χ0) is 17.8. The monoisotopic (exact) mass is 346 g/mol. The van der Waals surface area contributed by atoms with E-state index in [1.165, 1.54) is 6.42 Å². The normalized spacial score (nSPS) is 13.7. The number of nitrogens with one attached hydrogen (secondary N) is 1. The predicted octanol–water partition coefficient (Wildman–Crippen LogP) is 3.60. The number of amides is 1. The first-order valence-corrected chi connectivity index (χ1v) is 9.15. The Morgan fingerprint density at radius 3 is 2.65 bits per heavy atom. The van der Waals surface area contributed by atoms with Gasteiger partial charge in [-0.15, -0.1) is 0 Å². The Hall–Kier alpha value is -2.95. The van der Waals surface area contributed by atoms with Gasteiger partial charge in [-0.2, -0.15) is 0 Å². The van der Waals surface area contributed by atoms with Crippen LogP contribution in [0.2, 0.25) is 0 Å². The molecule has 1 aliphatic heterocycles. The Labute approximate surface area is 153 Å². The van der Waals surface area contributed by atoms with Crippen LogP contribution in [0.3, 0.4) is 0 Å². The number of hydrogen-bond acceptors (Lipinski definition) is 3. The molecular weight excluding hydrogens is 324 g/mol. The summed E-state index contributed by atoms with van der Waals surface area (Å²) in [5.74, 6) is 0.797. The van der Waals surface area contributed by atoms with Gasteiger partial charge < -0.3 is 9.88 Å². The molecule has 0 atom stereocenters. The minimum Gasteiger partial charge on any atom is -0.347 e. The number of carbonyl (C=O) groups excluding carboxylic acids is 1. The van der Waals surface area contributed by atoms with Crippen molar-refractivity contribution >= 4 is 5.91 Å². The van der Waals surface area contributed by atoms with Crippen molar-refractivity contribution in [1.82, 2.24) is 19.9 Å². The molecule has 132 valence electrons. The summed E-state index contributed by atoms with van der Waals surface area (Å²) >= 11 is 0. The second kappa shape index (κ2) is 7.52. The molecule has 0 spiro atoms. The maximum Gasteiger partial charge on any atom is 0.272 e. The van der Waals surface area contributed by atoms with Crippen LogP contribution in [0, 0.1) is 0 Å². The molecule has 1 N–H and O–H groups in total. The third kappa shape index (κ3) is 3.38. The van der Waals surface area contributed by atoms with E-state index >= 15 is 0 Å². The molecule has 1 aliphatic rings. The molecule has 5 heteroatoms. The van der Waals surface area contributed by atoms with Crippen molar-refractivity contribution in [2.45, 2.75) is 38.8 Å². The quantitative estimate of drug-likeness (QED) is 0.785. The fourth-order valence-electron chi connectivity index (χ4n) is 3.48. The third-order valence-corrected chi connectivity index (χ3v) is 4.82. The minimum atomic E-state index is -0.102. The molecule has 0 unspecified atom stereocenters. The Morgan fingerprint density at radius 1 is 1.04 bits per heavy atom. The zero-order valence-electron chi connectivity index (χ0n) is 14.7. The number of hydrogen-bond donors (Lipinski definition) is 1. The first kappa shape index (κ1) is 16.5. The second-order valence-corrected chi connectivity index (χ2v) is 6.60. The molecule has 3 aromatic rings. The summed E-state index contributed by atoms with van der Waals surface area (Å²) in [4.78, 5) is 21.6. The Balaban J connectivity index is 1.65. The molecule has 0 aliphatic carbocycles. The van der Waals surface area contributed by atoms with Gasteiger partial charge in [0.1, 0.15) is 11.5 Å². The lowest BCUT2D eigenvalue weighted by Crippen LogP contribution is -2.24. The van der Waals surface area contributed by atoms with Gasteiger partial charge in [0, 0.05) is 31.0 Å².